The molecule has 9 heteroatoms. The van der Waals surface area contributed by atoms with Crippen LogP contribution in [0.1, 0.15) is 37.3 Å². The highest BCUT2D eigenvalue weighted by atomic mass is 127. The molecule has 0 saturated carbocycles. The predicted octanol–water partition coefficient (Wildman–Crippen LogP) is 8.74. The van der Waals surface area contributed by atoms with Crippen LogP contribution in [0, 0.1) is 7.14 Å². The Hall–Kier alpha value is -1.76. The van der Waals surface area contributed by atoms with Gasteiger partial charge >= 0.3 is 0 Å². The average Bonchev–Trinajstić information content (AvgIpc) is 3.23. The van der Waals surface area contributed by atoms with Crippen molar-refractivity contribution in [3.05, 3.63) is 88.9 Å². The number of amidine groups is 1. The summed E-state index contributed by atoms with van der Waals surface area (Å²) in [4.78, 5) is 22.9. The maximum absolute atomic E-state index is 13.2. The summed E-state index contributed by atoms with van der Waals surface area (Å²) in [5.41, 5.74) is 3.99. The largest absolute Gasteiger partial charge is 0.487 e. The third kappa shape index (κ3) is 6.94. The molecule has 0 N–H and O–H groups in total. The summed E-state index contributed by atoms with van der Waals surface area (Å²) < 4.78 is 8.07. The van der Waals surface area contributed by atoms with Gasteiger partial charge in [0.25, 0.3) is 5.91 Å². The molecule has 0 unspecified atom stereocenters. The van der Waals surface area contributed by atoms with Gasteiger partial charge in [0, 0.05) is 35.9 Å². The molecule has 3 aromatic rings. The SMILES string of the molecule is CCN1C(=O)/C(=C/c2cc(I)c(OCc3ccccc3Cl)c(I)c2)SC1=Nc1ccc(N2CCCCC2)cc1. The second-order valence-corrected chi connectivity index (χ2v) is 13.1. The van der Waals surface area contributed by atoms with Crippen molar-refractivity contribution in [1.82, 2.24) is 4.90 Å². The predicted molar refractivity (Wildman–Crippen MR) is 180 cm³/mol. The third-order valence-electron chi connectivity index (χ3n) is 6.65. The molecule has 2 aliphatic heterocycles. The number of nitrogens with zero attached hydrogens (tertiary/aromatic N) is 3. The number of rotatable bonds is 7. The van der Waals surface area contributed by atoms with E-state index in [1.54, 1.807) is 4.90 Å². The fourth-order valence-corrected chi connectivity index (χ4v) is 7.97. The number of thioether (sulfide) groups is 1. The standard InChI is InChI=1S/C30H28ClI2N3O2S/c1-2-36-29(37)27(39-30(36)34-22-10-12-23(13-11-22)35-14-6-3-7-15-35)18-20-16-25(32)28(26(33)17-20)38-19-21-8-4-5-9-24(21)31/h4-5,8-13,16-18H,2-3,6-7,14-15,19H2,1H3/b27-18-,34-30?. The summed E-state index contributed by atoms with van der Waals surface area (Å²) in [7, 11) is 0. The molecule has 2 saturated heterocycles. The van der Waals surface area contributed by atoms with E-state index in [0.717, 1.165) is 42.8 Å². The van der Waals surface area contributed by atoms with E-state index in [0.29, 0.717) is 28.2 Å². The number of carbonyl (C=O) groups is 1. The second kappa shape index (κ2) is 13.3. The maximum atomic E-state index is 13.2. The van der Waals surface area contributed by atoms with Crippen molar-refractivity contribution in [2.24, 2.45) is 4.99 Å². The van der Waals surface area contributed by atoms with E-state index < -0.39 is 0 Å². The summed E-state index contributed by atoms with van der Waals surface area (Å²) in [5, 5.41) is 1.40. The van der Waals surface area contributed by atoms with Gasteiger partial charge in [-0.2, -0.15) is 0 Å². The van der Waals surface area contributed by atoms with Crippen molar-refractivity contribution in [2.75, 3.05) is 24.5 Å². The van der Waals surface area contributed by atoms with Gasteiger partial charge < -0.3 is 9.64 Å². The first-order chi connectivity index (χ1) is 18.9. The maximum Gasteiger partial charge on any atom is 0.266 e. The quantitative estimate of drug-likeness (QED) is 0.178. The number of anilines is 1. The van der Waals surface area contributed by atoms with Gasteiger partial charge in [0.1, 0.15) is 12.4 Å². The van der Waals surface area contributed by atoms with Crippen molar-refractivity contribution in [3.63, 3.8) is 0 Å². The topological polar surface area (TPSA) is 45.1 Å². The van der Waals surface area contributed by atoms with Crippen molar-refractivity contribution >= 4 is 97.1 Å². The molecule has 3 aromatic carbocycles. The summed E-state index contributed by atoms with van der Waals surface area (Å²) in [6.45, 7) is 5.17. The van der Waals surface area contributed by atoms with Gasteiger partial charge in [0.05, 0.1) is 17.7 Å². The van der Waals surface area contributed by atoms with Crippen LogP contribution in [0.3, 0.4) is 0 Å². The number of amides is 1. The van der Waals surface area contributed by atoms with Crippen molar-refractivity contribution in [3.8, 4) is 5.75 Å². The average molecular weight is 784 g/mol. The number of likely N-dealkylation sites (N-methyl/N-ethyl adjacent to an activating group) is 1. The minimum Gasteiger partial charge on any atom is -0.487 e. The fraction of sp³-hybridized carbons (Fsp3) is 0.267. The van der Waals surface area contributed by atoms with E-state index in [4.69, 9.17) is 21.3 Å². The Kier molecular flexibility index (Phi) is 9.78. The Morgan fingerprint density at radius 1 is 1.03 bits per heavy atom. The Bertz CT molecular complexity index is 1400. The summed E-state index contributed by atoms with van der Waals surface area (Å²) in [6, 6.07) is 20.1. The minimum absolute atomic E-state index is 0.0183. The van der Waals surface area contributed by atoms with Crippen molar-refractivity contribution in [1.29, 1.82) is 0 Å². The van der Waals surface area contributed by atoms with E-state index in [9.17, 15) is 4.79 Å². The Balaban J connectivity index is 1.32. The van der Waals surface area contributed by atoms with Gasteiger partial charge in [-0.1, -0.05) is 29.8 Å². The van der Waals surface area contributed by atoms with Gasteiger partial charge in [-0.05, 0) is 137 Å². The van der Waals surface area contributed by atoms with Crippen LogP contribution in [0.2, 0.25) is 5.02 Å². The molecular formula is C30H28ClI2N3O2S. The number of aliphatic imine (C=N–C) groups is 1. The number of benzene rings is 3. The summed E-state index contributed by atoms with van der Waals surface area (Å²) in [6.07, 6.45) is 5.76. The molecule has 0 radical (unpaired) electrons. The minimum atomic E-state index is -0.0183. The number of ether oxygens (including phenoxy) is 1. The van der Waals surface area contributed by atoms with Gasteiger partial charge in [0.2, 0.25) is 0 Å². The second-order valence-electron chi connectivity index (χ2n) is 9.31. The lowest BCUT2D eigenvalue weighted by Gasteiger charge is -2.28. The highest BCUT2D eigenvalue weighted by Gasteiger charge is 2.32. The molecule has 5 nitrogen and oxygen atoms in total. The highest BCUT2D eigenvalue weighted by Crippen LogP contribution is 2.36. The molecule has 0 bridgehead atoms. The molecule has 2 fully saturated rings. The zero-order valence-corrected chi connectivity index (χ0v) is 27.4. The van der Waals surface area contributed by atoms with Gasteiger partial charge in [-0.25, -0.2) is 4.99 Å². The van der Waals surface area contributed by atoms with E-state index in [2.05, 4.69) is 62.2 Å². The Labute approximate surface area is 266 Å². The van der Waals surface area contributed by atoms with Crippen LogP contribution in [0.25, 0.3) is 6.08 Å². The lowest BCUT2D eigenvalue weighted by atomic mass is 10.1. The van der Waals surface area contributed by atoms with Crippen LogP contribution in [0.15, 0.2) is 70.6 Å². The van der Waals surface area contributed by atoms with E-state index >= 15 is 0 Å². The van der Waals surface area contributed by atoms with E-state index in [-0.39, 0.29) is 5.91 Å². The van der Waals surface area contributed by atoms with E-state index in [1.807, 2.05) is 61.5 Å². The lowest BCUT2D eigenvalue weighted by Crippen LogP contribution is -2.29. The molecule has 0 aromatic heterocycles. The monoisotopic (exact) mass is 783 g/mol. The zero-order chi connectivity index (χ0) is 27.4. The molecule has 39 heavy (non-hydrogen) atoms. The molecule has 202 valence electrons. The molecule has 2 aliphatic rings. The normalized spacial score (nSPS) is 17.9. The Morgan fingerprint density at radius 3 is 2.38 bits per heavy atom. The van der Waals surface area contributed by atoms with Crippen molar-refractivity contribution in [2.45, 2.75) is 32.8 Å². The number of hydrogen-bond acceptors (Lipinski definition) is 5. The van der Waals surface area contributed by atoms with Crippen LogP contribution < -0.4 is 9.64 Å². The first-order valence-corrected chi connectivity index (χ1v) is 16.3. The molecule has 1 amide bonds. The van der Waals surface area contributed by atoms with Crippen LogP contribution in [-0.4, -0.2) is 35.6 Å². The van der Waals surface area contributed by atoms with Crippen LogP contribution in [0.5, 0.6) is 5.75 Å². The smallest absolute Gasteiger partial charge is 0.266 e. The Morgan fingerprint density at radius 2 is 1.72 bits per heavy atom. The molecule has 0 atom stereocenters. The van der Waals surface area contributed by atoms with Crippen LogP contribution in [0.4, 0.5) is 11.4 Å². The fourth-order valence-electron chi connectivity index (χ4n) is 4.59. The number of hydrogen-bond donors (Lipinski definition) is 0. The summed E-state index contributed by atoms with van der Waals surface area (Å²) in [5.74, 6) is 0.796. The molecule has 5 rings (SSSR count). The number of piperidine rings is 1. The van der Waals surface area contributed by atoms with Gasteiger partial charge in [-0.15, -0.1) is 0 Å². The van der Waals surface area contributed by atoms with Crippen molar-refractivity contribution < 1.29 is 9.53 Å². The lowest BCUT2D eigenvalue weighted by molar-refractivity contribution is -0.122. The molecule has 0 spiro atoms. The molecule has 2 heterocycles. The van der Waals surface area contributed by atoms with Crippen LogP contribution in [-0.2, 0) is 11.4 Å². The molecular weight excluding hydrogens is 756 g/mol. The van der Waals surface area contributed by atoms with Gasteiger partial charge in [0.15, 0.2) is 5.17 Å². The molecule has 0 aliphatic carbocycles. The highest BCUT2D eigenvalue weighted by molar-refractivity contribution is 14.1. The third-order valence-corrected chi connectivity index (χ3v) is 9.63. The number of carbonyl (C=O) groups excluding carboxylic acids is 1. The zero-order valence-electron chi connectivity index (χ0n) is 21.5. The first-order valence-electron chi connectivity index (χ1n) is 12.9. The first kappa shape index (κ1) is 28.8. The number of halogens is 3. The van der Waals surface area contributed by atoms with Gasteiger partial charge in [-0.3, -0.25) is 9.69 Å². The van der Waals surface area contributed by atoms with E-state index in [1.165, 1.54) is 36.7 Å². The summed E-state index contributed by atoms with van der Waals surface area (Å²) >= 11 is 12.3. The van der Waals surface area contributed by atoms with Crippen LogP contribution >= 0.6 is 68.5 Å².